The number of piperidine rings is 1. The lowest BCUT2D eigenvalue weighted by molar-refractivity contribution is 0.0738. The zero-order valence-electron chi connectivity index (χ0n) is 19.3. The fraction of sp³-hybridized carbons (Fsp3) is 0.444. The van der Waals surface area contributed by atoms with Crippen LogP contribution in [-0.2, 0) is 0 Å². The molecule has 3 rings (SSSR count). The van der Waals surface area contributed by atoms with Gasteiger partial charge in [-0.3, -0.25) is 4.79 Å². The summed E-state index contributed by atoms with van der Waals surface area (Å²) in [6, 6.07) is 18.5. The second-order valence-corrected chi connectivity index (χ2v) is 9.30. The van der Waals surface area contributed by atoms with Crippen molar-refractivity contribution in [3.8, 4) is 0 Å². The number of carbonyl (C=O) groups is 1. The predicted molar refractivity (Wildman–Crippen MR) is 134 cm³/mol. The van der Waals surface area contributed by atoms with Gasteiger partial charge in [0, 0.05) is 32.7 Å². The standard InChI is InChI=1S/C27H36ClN3O/c1-4-16-29-24-14-17-31(18-15-24)20-23(21(2)22-10-6-5-7-11-22)19-30(3)27(32)25-12-8-9-13-26(25)28/h4-13,21,23-24,29H,1,14-20H2,2-3H3/t21?,23-/m1/s1. The number of hydrogen-bond acceptors (Lipinski definition) is 3. The highest BCUT2D eigenvalue weighted by Gasteiger charge is 2.28. The summed E-state index contributed by atoms with van der Waals surface area (Å²) in [6.45, 7) is 10.8. The van der Waals surface area contributed by atoms with Crippen LogP contribution < -0.4 is 5.32 Å². The number of nitrogens with zero attached hydrogens (tertiary/aromatic N) is 2. The van der Waals surface area contributed by atoms with Crippen molar-refractivity contribution in [1.82, 2.24) is 15.1 Å². The molecule has 0 saturated carbocycles. The van der Waals surface area contributed by atoms with Crippen molar-refractivity contribution in [1.29, 1.82) is 0 Å². The van der Waals surface area contributed by atoms with Crippen LogP contribution in [0.3, 0.4) is 0 Å². The summed E-state index contributed by atoms with van der Waals surface area (Å²) in [7, 11) is 1.89. The van der Waals surface area contributed by atoms with Gasteiger partial charge >= 0.3 is 0 Å². The molecule has 1 aliphatic heterocycles. The molecule has 0 bridgehead atoms. The highest BCUT2D eigenvalue weighted by Crippen LogP contribution is 2.28. The average molecular weight is 454 g/mol. The zero-order valence-corrected chi connectivity index (χ0v) is 20.1. The van der Waals surface area contributed by atoms with Crippen LogP contribution in [0.2, 0.25) is 5.02 Å². The van der Waals surface area contributed by atoms with Gasteiger partial charge in [-0.2, -0.15) is 0 Å². The molecule has 1 amide bonds. The normalized spacial score (nSPS) is 17.0. The van der Waals surface area contributed by atoms with E-state index in [-0.39, 0.29) is 5.91 Å². The Balaban J connectivity index is 1.69. The lowest BCUT2D eigenvalue weighted by atomic mass is 9.86. The van der Waals surface area contributed by atoms with E-state index in [0.717, 1.165) is 39.0 Å². The van der Waals surface area contributed by atoms with E-state index in [2.05, 4.69) is 54.1 Å². The fourth-order valence-corrected chi connectivity index (χ4v) is 4.80. The molecule has 1 aliphatic rings. The Morgan fingerprint density at radius 1 is 1.19 bits per heavy atom. The van der Waals surface area contributed by atoms with Crippen LogP contribution in [0.5, 0.6) is 0 Å². The van der Waals surface area contributed by atoms with Crippen molar-refractivity contribution in [2.75, 3.05) is 39.8 Å². The SMILES string of the molecule is C=CCNC1CCN(C[C@@H](CN(C)C(=O)c2ccccc2Cl)C(C)c2ccccc2)CC1. The van der Waals surface area contributed by atoms with E-state index >= 15 is 0 Å². The number of rotatable bonds is 10. The van der Waals surface area contributed by atoms with Crippen LogP contribution in [0.1, 0.15) is 41.6 Å². The molecule has 2 aromatic carbocycles. The minimum Gasteiger partial charge on any atom is -0.341 e. The summed E-state index contributed by atoms with van der Waals surface area (Å²) in [4.78, 5) is 17.5. The van der Waals surface area contributed by atoms with E-state index in [1.807, 2.05) is 30.2 Å². The second kappa shape index (κ2) is 12.2. The molecule has 1 heterocycles. The number of nitrogens with one attached hydrogen (secondary N) is 1. The minimum absolute atomic E-state index is 0.0202. The molecular formula is C27H36ClN3O. The number of benzene rings is 2. The number of halogens is 1. The third-order valence-corrected chi connectivity index (χ3v) is 6.95. The van der Waals surface area contributed by atoms with E-state index in [9.17, 15) is 4.79 Å². The first-order valence-electron chi connectivity index (χ1n) is 11.6. The van der Waals surface area contributed by atoms with Gasteiger partial charge in [0.1, 0.15) is 0 Å². The third kappa shape index (κ3) is 6.68. The molecule has 5 heteroatoms. The molecule has 1 saturated heterocycles. The molecule has 0 aromatic heterocycles. The lowest BCUT2D eigenvalue weighted by Gasteiger charge is -2.37. The quantitative estimate of drug-likeness (QED) is 0.510. The second-order valence-electron chi connectivity index (χ2n) is 8.90. The number of hydrogen-bond donors (Lipinski definition) is 1. The number of amides is 1. The Kier molecular flexibility index (Phi) is 9.34. The van der Waals surface area contributed by atoms with Gasteiger partial charge in [-0.05, 0) is 55.5 Å². The van der Waals surface area contributed by atoms with E-state index in [4.69, 9.17) is 11.6 Å². The summed E-state index contributed by atoms with van der Waals surface area (Å²) in [5.74, 6) is 0.647. The summed E-state index contributed by atoms with van der Waals surface area (Å²) < 4.78 is 0. The smallest absolute Gasteiger partial charge is 0.255 e. The third-order valence-electron chi connectivity index (χ3n) is 6.62. The van der Waals surface area contributed by atoms with Gasteiger partial charge in [-0.25, -0.2) is 0 Å². The highest BCUT2D eigenvalue weighted by atomic mass is 35.5. The molecule has 0 spiro atoms. The molecule has 4 nitrogen and oxygen atoms in total. The summed E-state index contributed by atoms with van der Waals surface area (Å²) in [5.41, 5.74) is 1.88. The van der Waals surface area contributed by atoms with Crippen LogP contribution in [0.15, 0.2) is 67.3 Å². The monoisotopic (exact) mass is 453 g/mol. The maximum Gasteiger partial charge on any atom is 0.255 e. The summed E-state index contributed by atoms with van der Waals surface area (Å²) in [5, 5.41) is 4.06. The van der Waals surface area contributed by atoms with Crippen molar-refractivity contribution in [3.63, 3.8) is 0 Å². The van der Waals surface area contributed by atoms with E-state index in [1.165, 1.54) is 5.56 Å². The van der Waals surface area contributed by atoms with E-state index in [0.29, 0.717) is 35.0 Å². The Bertz CT molecular complexity index is 864. The Hall–Kier alpha value is -2.14. The van der Waals surface area contributed by atoms with Crippen molar-refractivity contribution >= 4 is 17.5 Å². The minimum atomic E-state index is -0.0202. The Morgan fingerprint density at radius 3 is 2.50 bits per heavy atom. The molecule has 0 aliphatic carbocycles. The van der Waals surface area contributed by atoms with Crippen molar-refractivity contribution in [2.45, 2.75) is 31.7 Å². The van der Waals surface area contributed by atoms with Crippen molar-refractivity contribution in [2.24, 2.45) is 5.92 Å². The Labute approximate surface area is 198 Å². The molecular weight excluding hydrogens is 418 g/mol. The van der Waals surface area contributed by atoms with Gasteiger partial charge < -0.3 is 15.1 Å². The van der Waals surface area contributed by atoms with Crippen LogP contribution in [0.25, 0.3) is 0 Å². The van der Waals surface area contributed by atoms with Crippen LogP contribution >= 0.6 is 11.6 Å². The van der Waals surface area contributed by atoms with Crippen molar-refractivity contribution in [3.05, 3.63) is 83.4 Å². The van der Waals surface area contributed by atoms with Gasteiger partial charge in [0.25, 0.3) is 5.91 Å². The van der Waals surface area contributed by atoms with Crippen LogP contribution in [0.4, 0.5) is 0 Å². The number of likely N-dealkylation sites (tertiary alicyclic amines) is 1. The van der Waals surface area contributed by atoms with E-state index < -0.39 is 0 Å². The molecule has 2 aromatic rings. The fourth-order valence-electron chi connectivity index (χ4n) is 4.58. The predicted octanol–water partition coefficient (Wildman–Crippen LogP) is 5.07. The molecule has 0 radical (unpaired) electrons. The van der Waals surface area contributed by atoms with Gasteiger partial charge in [0.2, 0.25) is 0 Å². The molecule has 1 N–H and O–H groups in total. The maximum absolute atomic E-state index is 13.1. The molecule has 32 heavy (non-hydrogen) atoms. The zero-order chi connectivity index (χ0) is 22.9. The van der Waals surface area contributed by atoms with Gasteiger partial charge in [0.15, 0.2) is 0 Å². The summed E-state index contributed by atoms with van der Waals surface area (Å²) >= 11 is 6.30. The van der Waals surface area contributed by atoms with Crippen LogP contribution in [-0.4, -0.2) is 61.5 Å². The molecule has 2 atom stereocenters. The average Bonchev–Trinajstić information content (AvgIpc) is 2.83. The lowest BCUT2D eigenvalue weighted by Crippen LogP contribution is -2.46. The van der Waals surface area contributed by atoms with Gasteiger partial charge in [-0.15, -0.1) is 6.58 Å². The van der Waals surface area contributed by atoms with E-state index in [1.54, 1.807) is 12.1 Å². The van der Waals surface area contributed by atoms with Crippen LogP contribution in [0, 0.1) is 5.92 Å². The highest BCUT2D eigenvalue weighted by molar-refractivity contribution is 6.33. The van der Waals surface area contributed by atoms with Gasteiger partial charge in [-0.1, -0.05) is 67.1 Å². The largest absolute Gasteiger partial charge is 0.341 e. The topological polar surface area (TPSA) is 35.6 Å². The Morgan fingerprint density at radius 2 is 1.84 bits per heavy atom. The first kappa shape index (κ1) is 24.5. The van der Waals surface area contributed by atoms with Crippen molar-refractivity contribution < 1.29 is 4.79 Å². The molecule has 1 unspecified atom stereocenters. The molecule has 1 fully saturated rings. The first-order chi connectivity index (χ1) is 15.5. The molecule has 172 valence electrons. The first-order valence-corrected chi connectivity index (χ1v) is 12.0. The number of carbonyl (C=O) groups excluding carboxylic acids is 1. The maximum atomic E-state index is 13.1. The summed E-state index contributed by atoms with van der Waals surface area (Å²) in [6.07, 6.45) is 4.22. The van der Waals surface area contributed by atoms with Gasteiger partial charge in [0.05, 0.1) is 10.6 Å².